The van der Waals surface area contributed by atoms with Gasteiger partial charge in [0, 0.05) is 17.3 Å². The summed E-state index contributed by atoms with van der Waals surface area (Å²) in [6, 6.07) is 10.8. The summed E-state index contributed by atoms with van der Waals surface area (Å²) >= 11 is 4.25. The zero-order valence-electron chi connectivity index (χ0n) is 17.9. The van der Waals surface area contributed by atoms with Crippen molar-refractivity contribution in [3.8, 4) is 11.5 Å². The van der Waals surface area contributed by atoms with E-state index in [0.717, 1.165) is 22.2 Å². The number of halogens is 1. The summed E-state index contributed by atoms with van der Waals surface area (Å²) in [4.78, 5) is 38.8. The number of imide groups is 1. The highest BCUT2D eigenvalue weighted by Gasteiger charge is 2.36. The summed E-state index contributed by atoms with van der Waals surface area (Å²) in [5.41, 5.74) is 2.22. The second-order valence-electron chi connectivity index (χ2n) is 6.87. The monoisotopic (exact) mass is 518 g/mol. The van der Waals surface area contributed by atoms with E-state index in [0.29, 0.717) is 40.4 Å². The van der Waals surface area contributed by atoms with Crippen molar-refractivity contribution in [1.82, 2.24) is 4.90 Å². The number of aryl methyl sites for hydroxylation is 1. The molecule has 0 radical (unpaired) electrons. The number of benzene rings is 2. The predicted molar refractivity (Wildman–Crippen MR) is 129 cm³/mol. The van der Waals surface area contributed by atoms with Gasteiger partial charge < -0.3 is 14.8 Å². The third kappa shape index (κ3) is 5.72. The smallest absolute Gasteiger partial charge is 0.294 e. The molecule has 0 aliphatic carbocycles. The van der Waals surface area contributed by atoms with Crippen molar-refractivity contribution >= 4 is 56.5 Å². The van der Waals surface area contributed by atoms with E-state index < -0.39 is 17.1 Å². The van der Waals surface area contributed by atoms with Crippen LogP contribution >= 0.6 is 27.7 Å². The number of hydrogen-bond acceptors (Lipinski definition) is 6. The lowest BCUT2D eigenvalue weighted by Crippen LogP contribution is -2.36. The molecular weight excluding hydrogens is 496 g/mol. The summed E-state index contributed by atoms with van der Waals surface area (Å²) in [7, 11) is 0. The van der Waals surface area contributed by atoms with Crippen LogP contribution in [0.25, 0.3) is 6.08 Å². The second-order valence-corrected chi connectivity index (χ2v) is 8.72. The van der Waals surface area contributed by atoms with Crippen molar-refractivity contribution in [2.75, 3.05) is 25.1 Å². The lowest BCUT2D eigenvalue weighted by Gasteiger charge is -2.13. The number of nitrogens with one attached hydrogen (secondary N) is 1. The molecule has 2 aromatic carbocycles. The van der Waals surface area contributed by atoms with Gasteiger partial charge in [0.15, 0.2) is 0 Å². The maximum Gasteiger partial charge on any atom is 0.294 e. The first-order valence-electron chi connectivity index (χ1n) is 10.0. The van der Waals surface area contributed by atoms with Gasteiger partial charge in [-0.1, -0.05) is 12.1 Å². The van der Waals surface area contributed by atoms with Gasteiger partial charge in [-0.25, -0.2) is 0 Å². The average Bonchev–Trinajstić information content (AvgIpc) is 2.99. The third-order valence-electron chi connectivity index (χ3n) is 4.43. The van der Waals surface area contributed by atoms with Crippen LogP contribution in [0.1, 0.15) is 25.0 Å². The lowest BCUT2D eigenvalue weighted by molar-refractivity contribution is -0.127. The number of thioether (sulfide) groups is 1. The minimum absolute atomic E-state index is 0.218. The number of anilines is 1. The zero-order chi connectivity index (χ0) is 23.3. The minimum Gasteiger partial charge on any atom is -0.493 e. The first-order valence-corrected chi connectivity index (χ1v) is 11.6. The molecule has 3 rings (SSSR count). The van der Waals surface area contributed by atoms with Crippen molar-refractivity contribution in [3.63, 3.8) is 0 Å². The normalized spacial score (nSPS) is 14.8. The number of rotatable bonds is 8. The van der Waals surface area contributed by atoms with E-state index in [1.807, 2.05) is 39.0 Å². The highest BCUT2D eigenvalue weighted by Crippen LogP contribution is 2.38. The summed E-state index contributed by atoms with van der Waals surface area (Å²) < 4.78 is 12.0. The van der Waals surface area contributed by atoms with Crippen molar-refractivity contribution in [2.45, 2.75) is 20.8 Å². The number of nitrogens with zero attached hydrogens (tertiary/aromatic N) is 1. The molecule has 0 unspecified atom stereocenters. The Hall–Kier alpha value is -2.78. The average molecular weight is 519 g/mol. The molecule has 1 aliphatic heterocycles. The zero-order valence-corrected chi connectivity index (χ0v) is 20.3. The van der Waals surface area contributed by atoms with E-state index in [9.17, 15) is 14.4 Å². The fourth-order valence-corrected chi connectivity index (χ4v) is 4.36. The van der Waals surface area contributed by atoms with Crippen LogP contribution in [0, 0.1) is 6.92 Å². The molecule has 0 saturated carbocycles. The number of ether oxygens (including phenoxy) is 2. The van der Waals surface area contributed by atoms with Gasteiger partial charge in [-0.2, -0.15) is 0 Å². The number of hydrogen-bond donors (Lipinski definition) is 1. The molecule has 1 heterocycles. The fourth-order valence-electron chi connectivity index (χ4n) is 3.05. The summed E-state index contributed by atoms with van der Waals surface area (Å²) in [6.07, 6.45) is 1.59. The molecule has 3 amide bonds. The highest BCUT2D eigenvalue weighted by molar-refractivity contribution is 9.10. The molecular formula is C23H23BrN2O5S. The first-order chi connectivity index (χ1) is 15.3. The Morgan fingerprint density at radius 2 is 1.84 bits per heavy atom. The van der Waals surface area contributed by atoms with Crippen LogP contribution < -0.4 is 14.8 Å². The highest BCUT2D eigenvalue weighted by atomic mass is 79.9. The molecule has 1 fully saturated rings. The van der Waals surface area contributed by atoms with Crippen LogP contribution in [0.5, 0.6) is 11.5 Å². The van der Waals surface area contributed by atoms with E-state index in [4.69, 9.17) is 9.47 Å². The SMILES string of the molecule is CCOc1cc(OCC)c(/C=C2\SC(=O)N(CC(=O)Nc3cccc(C)c3)C2=O)cc1Br. The molecule has 1 aliphatic rings. The Bertz CT molecular complexity index is 1090. The summed E-state index contributed by atoms with van der Waals surface area (Å²) in [5.74, 6) is 0.182. The van der Waals surface area contributed by atoms with Crippen LogP contribution in [-0.2, 0) is 9.59 Å². The second kappa shape index (κ2) is 10.7. The molecule has 2 aromatic rings. The van der Waals surface area contributed by atoms with Crippen molar-refractivity contribution in [3.05, 3.63) is 56.9 Å². The van der Waals surface area contributed by atoms with E-state index in [1.54, 1.807) is 24.3 Å². The molecule has 0 bridgehead atoms. The quantitative estimate of drug-likeness (QED) is 0.481. The van der Waals surface area contributed by atoms with Gasteiger partial charge >= 0.3 is 0 Å². The van der Waals surface area contributed by atoms with Gasteiger partial charge in [-0.05, 0) is 78.3 Å². The molecule has 9 heteroatoms. The molecule has 32 heavy (non-hydrogen) atoms. The van der Waals surface area contributed by atoms with E-state index in [-0.39, 0.29) is 11.4 Å². The number of carbonyl (C=O) groups is 3. The van der Waals surface area contributed by atoms with Crippen LogP contribution in [0.15, 0.2) is 45.8 Å². The molecule has 0 atom stereocenters. The van der Waals surface area contributed by atoms with Gasteiger partial charge in [-0.15, -0.1) is 0 Å². The Morgan fingerprint density at radius 3 is 2.53 bits per heavy atom. The molecule has 7 nitrogen and oxygen atoms in total. The predicted octanol–water partition coefficient (Wildman–Crippen LogP) is 5.23. The Balaban J connectivity index is 1.79. The van der Waals surface area contributed by atoms with Crippen LogP contribution in [0.3, 0.4) is 0 Å². The Labute approximate surface area is 199 Å². The van der Waals surface area contributed by atoms with Gasteiger partial charge in [0.25, 0.3) is 11.1 Å². The number of carbonyl (C=O) groups excluding carboxylic acids is 3. The van der Waals surface area contributed by atoms with Gasteiger partial charge in [0.2, 0.25) is 5.91 Å². The van der Waals surface area contributed by atoms with Gasteiger partial charge in [0.05, 0.1) is 22.6 Å². The van der Waals surface area contributed by atoms with Gasteiger partial charge in [0.1, 0.15) is 18.0 Å². The maximum atomic E-state index is 12.8. The molecule has 0 aromatic heterocycles. The molecule has 1 saturated heterocycles. The standard InChI is InChI=1S/C23H23BrN2O5S/c1-4-30-18-12-19(31-5-2)17(24)10-15(18)11-20-22(28)26(23(29)32-20)13-21(27)25-16-8-6-7-14(3)9-16/h6-12H,4-5,13H2,1-3H3,(H,25,27)/b20-11-. The lowest BCUT2D eigenvalue weighted by atomic mass is 10.1. The fraction of sp³-hybridized carbons (Fsp3) is 0.261. The summed E-state index contributed by atoms with van der Waals surface area (Å²) in [6.45, 7) is 6.20. The molecule has 0 spiro atoms. The van der Waals surface area contributed by atoms with Crippen LogP contribution in [-0.4, -0.2) is 41.7 Å². The van der Waals surface area contributed by atoms with E-state index >= 15 is 0 Å². The van der Waals surface area contributed by atoms with E-state index in [2.05, 4.69) is 21.2 Å². The minimum atomic E-state index is -0.521. The van der Waals surface area contributed by atoms with Crippen molar-refractivity contribution < 1.29 is 23.9 Å². The third-order valence-corrected chi connectivity index (χ3v) is 5.95. The largest absolute Gasteiger partial charge is 0.493 e. The van der Waals surface area contributed by atoms with Crippen LogP contribution in [0.2, 0.25) is 0 Å². The van der Waals surface area contributed by atoms with E-state index in [1.165, 1.54) is 0 Å². The van der Waals surface area contributed by atoms with Gasteiger partial charge in [-0.3, -0.25) is 19.3 Å². The van der Waals surface area contributed by atoms with Crippen molar-refractivity contribution in [2.24, 2.45) is 0 Å². The number of amides is 3. The van der Waals surface area contributed by atoms with Crippen LogP contribution in [0.4, 0.5) is 10.5 Å². The van der Waals surface area contributed by atoms with Crippen molar-refractivity contribution in [1.29, 1.82) is 0 Å². The Kier molecular flexibility index (Phi) is 7.98. The summed E-state index contributed by atoms with van der Waals surface area (Å²) in [5, 5.41) is 2.22. The topological polar surface area (TPSA) is 84.9 Å². The Morgan fingerprint density at radius 1 is 1.12 bits per heavy atom. The first kappa shape index (κ1) is 23.9. The maximum absolute atomic E-state index is 12.8. The molecule has 1 N–H and O–H groups in total. The molecule has 168 valence electrons.